The minimum Gasteiger partial charge on any atom is -0.476 e. The zero-order valence-corrected chi connectivity index (χ0v) is 10.2. The van der Waals surface area contributed by atoms with Gasteiger partial charge in [-0.2, -0.15) is 0 Å². The lowest BCUT2D eigenvalue weighted by molar-refractivity contribution is -0.129. The standard InChI is InChI=1S/C8H8ClN3O4S/c1-16-12-6(7(14)15)4-3-17-8(11-4)10-2-5(9)13/h3H,2H2,1H3,(H,10,11)(H,14,15)/b12-6+. The summed E-state index contributed by atoms with van der Waals surface area (Å²) in [6.45, 7) is -0.0850. The van der Waals surface area contributed by atoms with Gasteiger partial charge in [0.2, 0.25) is 11.0 Å². The molecule has 1 aromatic rings. The summed E-state index contributed by atoms with van der Waals surface area (Å²) in [7, 11) is 1.24. The van der Waals surface area contributed by atoms with Crippen molar-refractivity contribution < 1.29 is 19.5 Å². The van der Waals surface area contributed by atoms with Crippen LogP contribution in [0.5, 0.6) is 0 Å². The van der Waals surface area contributed by atoms with Gasteiger partial charge in [0.1, 0.15) is 12.8 Å². The third kappa shape index (κ3) is 4.00. The molecule has 0 spiro atoms. The Hall–Kier alpha value is -1.67. The van der Waals surface area contributed by atoms with Gasteiger partial charge in [-0.3, -0.25) is 4.79 Å². The number of nitrogens with zero attached hydrogens (tertiary/aromatic N) is 2. The molecular formula is C8H8ClN3O4S. The molecule has 1 aromatic heterocycles. The minimum absolute atomic E-state index is 0.0850. The number of rotatable bonds is 6. The first-order chi connectivity index (χ1) is 8.04. The van der Waals surface area contributed by atoms with Crippen molar-refractivity contribution in [3.05, 3.63) is 11.1 Å². The summed E-state index contributed by atoms with van der Waals surface area (Å²) in [5.41, 5.74) is -0.164. The second-order valence-electron chi connectivity index (χ2n) is 2.67. The maximum Gasteiger partial charge on any atom is 0.360 e. The van der Waals surface area contributed by atoms with E-state index in [1.165, 1.54) is 12.5 Å². The van der Waals surface area contributed by atoms with Crippen molar-refractivity contribution in [1.29, 1.82) is 0 Å². The molecular weight excluding hydrogens is 270 g/mol. The Labute approximate surface area is 105 Å². The highest BCUT2D eigenvalue weighted by atomic mass is 35.5. The van der Waals surface area contributed by atoms with E-state index in [0.29, 0.717) is 5.13 Å². The van der Waals surface area contributed by atoms with E-state index in [1.54, 1.807) is 0 Å². The predicted molar refractivity (Wildman–Crippen MR) is 62.6 cm³/mol. The summed E-state index contributed by atoms with van der Waals surface area (Å²) in [4.78, 5) is 29.7. The number of carboxylic acids is 1. The van der Waals surface area contributed by atoms with E-state index in [0.717, 1.165) is 11.3 Å². The van der Waals surface area contributed by atoms with Gasteiger partial charge in [-0.25, -0.2) is 9.78 Å². The smallest absolute Gasteiger partial charge is 0.360 e. The lowest BCUT2D eigenvalue weighted by Gasteiger charge is -1.97. The lowest BCUT2D eigenvalue weighted by Crippen LogP contribution is -2.15. The molecule has 0 unspecified atom stereocenters. The van der Waals surface area contributed by atoms with Crippen molar-refractivity contribution in [3.8, 4) is 0 Å². The first-order valence-corrected chi connectivity index (χ1v) is 5.53. The Morgan fingerprint density at radius 3 is 2.94 bits per heavy atom. The monoisotopic (exact) mass is 277 g/mol. The number of carbonyl (C=O) groups is 2. The van der Waals surface area contributed by atoms with Crippen molar-refractivity contribution in [3.63, 3.8) is 0 Å². The van der Waals surface area contributed by atoms with Crippen LogP contribution in [-0.4, -0.2) is 40.7 Å². The van der Waals surface area contributed by atoms with E-state index in [9.17, 15) is 9.59 Å². The quantitative estimate of drug-likeness (QED) is 0.452. The van der Waals surface area contributed by atoms with E-state index in [-0.39, 0.29) is 18.0 Å². The summed E-state index contributed by atoms with van der Waals surface area (Å²) >= 11 is 6.27. The fourth-order valence-corrected chi connectivity index (χ4v) is 1.66. The molecule has 17 heavy (non-hydrogen) atoms. The molecule has 0 atom stereocenters. The van der Waals surface area contributed by atoms with Gasteiger partial charge in [-0.05, 0) is 11.6 Å². The Balaban J connectivity index is 2.82. The highest BCUT2D eigenvalue weighted by Crippen LogP contribution is 2.16. The number of aliphatic carboxylic acids is 1. The van der Waals surface area contributed by atoms with Crippen LogP contribution in [0.2, 0.25) is 0 Å². The molecule has 0 aromatic carbocycles. The summed E-state index contributed by atoms with van der Waals surface area (Å²) in [6.07, 6.45) is 0. The number of aromatic nitrogens is 1. The van der Waals surface area contributed by atoms with Gasteiger partial charge in [0.15, 0.2) is 5.13 Å². The molecule has 0 fully saturated rings. The molecule has 0 bridgehead atoms. The van der Waals surface area contributed by atoms with Gasteiger partial charge in [0.25, 0.3) is 0 Å². The number of nitrogens with one attached hydrogen (secondary N) is 1. The molecule has 1 heterocycles. The van der Waals surface area contributed by atoms with Crippen LogP contribution >= 0.6 is 22.9 Å². The largest absolute Gasteiger partial charge is 0.476 e. The van der Waals surface area contributed by atoms with Crippen LogP contribution in [0.3, 0.4) is 0 Å². The summed E-state index contributed by atoms with van der Waals surface area (Å²) in [5.74, 6) is -1.25. The first-order valence-electron chi connectivity index (χ1n) is 4.27. The Bertz CT molecular complexity index is 459. The van der Waals surface area contributed by atoms with Crippen LogP contribution in [0.4, 0.5) is 5.13 Å². The molecule has 0 aliphatic carbocycles. The van der Waals surface area contributed by atoms with Gasteiger partial charge in [0, 0.05) is 5.38 Å². The van der Waals surface area contributed by atoms with Crippen molar-refractivity contribution in [1.82, 2.24) is 4.98 Å². The highest BCUT2D eigenvalue weighted by Gasteiger charge is 2.17. The average Bonchev–Trinajstić information content (AvgIpc) is 2.71. The summed E-state index contributed by atoms with van der Waals surface area (Å²) in [6, 6.07) is 0. The molecule has 0 amide bonds. The molecule has 7 nitrogen and oxygen atoms in total. The van der Waals surface area contributed by atoms with E-state index < -0.39 is 11.2 Å². The summed E-state index contributed by atoms with van der Waals surface area (Å²) in [5, 5.41) is 16.1. The van der Waals surface area contributed by atoms with Crippen molar-refractivity contribution in [2.24, 2.45) is 5.16 Å². The van der Waals surface area contributed by atoms with Gasteiger partial charge in [0.05, 0.1) is 6.54 Å². The SMILES string of the molecule is CO/N=C(/C(=O)O)c1csc(NCC(=O)Cl)n1. The topological polar surface area (TPSA) is 101 Å². The molecule has 0 saturated heterocycles. The lowest BCUT2D eigenvalue weighted by atomic mass is 10.3. The predicted octanol–water partition coefficient (Wildman–Crippen LogP) is 0.756. The molecule has 0 radical (unpaired) electrons. The van der Waals surface area contributed by atoms with Crippen LogP contribution in [0.25, 0.3) is 0 Å². The minimum atomic E-state index is -1.25. The fourth-order valence-electron chi connectivity index (χ4n) is 0.895. The number of hydrogen-bond acceptors (Lipinski definition) is 7. The van der Waals surface area contributed by atoms with E-state index in [2.05, 4.69) is 20.3 Å². The van der Waals surface area contributed by atoms with Gasteiger partial charge >= 0.3 is 5.97 Å². The fraction of sp³-hybridized carbons (Fsp3) is 0.250. The highest BCUT2D eigenvalue weighted by molar-refractivity contribution is 7.14. The Kier molecular flexibility index (Phi) is 4.85. The van der Waals surface area contributed by atoms with Crippen LogP contribution in [-0.2, 0) is 14.4 Å². The van der Waals surface area contributed by atoms with E-state index in [1.807, 2.05) is 0 Å². The number of carbonyl (C=O) groups excluding carboxylic acids is 1. The molecule has 9 heteroatoms. The molecule has 0 aliphatic heterocycles. The van der Waals surface area contributed by atoms with E-state index in [4.69, 9.17) is 16.7 Å². The first kappa shape index (κ1) is 13.4. The second-order valence-corrected chi connectivity index (χ2v) is 3.95. The van der Waals surface area contributed by atoms with Crippen molar-refractivity contribution in [2.75, 3.05) is 19.0 Å². The Morgan fingerprint density at radius 2 is 2.41 bits per heavy atom. The average molecular weight is 278 g/mol. The van der Waals surface area contributed by atoms with Crippen molar-refractivity contribution >= 4 is 45.0 Å². The normalized spacial score (nSPS) is 11.1. The van der Waals surface area contributed by atoms with Crippen LogP contribution in [0.1, 0.15) is 5.69 Å². The molecule has 2 N–H and O–H groups in total. The Morgan fingerprint density at radius 1 is 1.71 bits per heavy atom. The number of anilines is 1. The molecule has 1 rings (SSSR count). The zero-order valence-electron chi connectivity index (χ0n) is 8.64. The van der Waals surface area contributed by atoms with Crippen LogP contribution in [0.15, 0.2) is 10.5 Å². The third-order valence-electron chi connectivity index (χ3n) is 1.51. The number of oxime groups is 1. The van der Waals surface area contributed by atoms with Gasteiger partial charge in [-0.1, -0.05) is 5.16 Å². The third-order valence-corrected chi connectivity index (χ3v) is 2.44. The number of carboxylic acid groups (broad SMARTS) is 1. The molecule has 92 valence electrons. The maximum atomic E-state index is 10.8. The van der Waals surface area contributed by atoms with Gasteiger partial charge in [-0.15, -0.1) is 11.3 Å². The van der Waals surface area contributed by atoms with E-state index >= 15 is 0 Å². The number of hydrogen-bond donors (Lipinski definition) is 2. The summed E-state index contributed by atoms with van der Waals surface area (Å²) < 4.78 is 0. The van der Waals surface area contributed by atoms with Crippen molar-refractivity contribution in [2.45, 2.75) is 0 Å². The zero-order chi connectivity index (χ0) is 12.8. The molecule has 0 saturated carbocycles. The van der Waals surface area contributed by atoms with Crippen LogP contribution in [0, 0.1) is 0 Å². The van der Waals surface area contributed by atoms with Crippen LogP contribution < -0.4 is 5.32 Å². The second kappa shape index (κ2) is 6.16. The number of thiazole rings is 1. The molecule has 0 aliphatic rings. The van der Waals surface area contributed by atoms with Gasteiger partial charge < -0.3 is 15.3 Å². The number of halogens is 1. The maximum absolute atomic E-state index is 10.8.